The van der Waals surface area contributed by atoms with E-state index in [1.165, 1.54) is 0 Å². The van der Waals surface area contributed by atoms with E-state index in [1.807, 2.05) is 31.3 Å². The van der Waals surface area contributed by atoms with E-state index >= 15 is 0 Å². The molecule has 0 radical (unpaired) electrons. The van der Waals surface area contributed by atoms with Gasteiger partial charge < -0.3 is 24.1 Å². The maximum absolute atomic E-state index is 12.6. The molecule has 1 aromatic carbocycles. The summed E-state index contributed by atoms with van der Waals surface area (Å²) >= 11 is 0. The molecule has 0 aliphatic carbocycles. The van der Waals surface area contributed by atoms with Gasteiger partial charge in [-0.05, 0) is 31.5 Å². The van der Waals surface area contributed by atoms with Gasteiger partial charge in [-0.3, -0.25) is 9.69 Å². The molecule has 29 heavy (non-hydrogen) atoms. The highest BCUT2D eigenvalue weighted by Gasteiger charge is 2.27. The normalized spacial score (nSPS) is 18.0. The minimum Gasteiger partial charge on any atom is -0.490 e. The van der Waals surface area contributed by atoms with Crippen molar-refractivity contribution in [3.63, 3.8) is 0 Å². The molecule has 2 aliphatic rings. The van der Waals surface area contributed by atoms with Crippen LogP contribution in [-0.2, 0) is 20.8 Å². The number of aromatic amines is 1. The first-order valence-corrected chi connectivity index (χ1v) is 9.77. The zero-order valence-corrected chi connectivity index (χ0v) is 16.3. The number of imidazole rings is 1. The van der Waals surface area contributed by atoms with Gasteiger partial charge in [0.15, 0.2) is 0 Å². The van der Waals surface area contributed by atoms with Crippen LogP contribution < -0.4 is 14.5 Å². The molecule has 1 atom stereocenters. The van der Waals surface area contributed by atoms with Crippen molar-refractivity contribution in [2.45, 2.75) is 32.4 Å². The van der Waals surface area contributed by atoms with Gasteiger partial charge in [0.05, 0.1) is 30.8 Å². The van der Waals surface area contributed by atoms with Crippen LogP contribution in [0.2, 0.25) is 0 Å². The fourth-order valence-electron chi connectivity index (χ4n) is 3.53. The van der Waals surface area contributed by atoms with Crippen molar-refractivity contribution in [2.75, 3.05) is 36.1 Å². The van der Waals surface area contributed by atoms with Crippen LogP contribution in [0, 0.1) is 0 Å². The number of carbonyl (C=O) groups excluding carboxylic acids is 2. The van der Waals surface area contributed by atoms with Gasteiger partial charge in [-0.15, -0.1) is 0 Å². The molecule has 0 saturated carbocycles. The van der Waals surface area contributed by atoms with E-state index in [4.69, 9.17) is 14.2 Å². The van der Waals surface area contributed by atoms with Crippen LogP contribution in [0.15, 0.2) is 30.7 Å². The number of rotatable bonds is 6. The Kier molecular flexibility index (Phi) is 5.55. The Balaban J connectivity index is 1.48. The van der Waals surface area contributed by atoms with Gasteiger partial charge in [-0.2, -0.15) is 0 Å². The zero-order valence-electron chi connectivity index (χ0n) is 16.3. The summed E-state index contributed by atoms with van der Waals surface area (Å²) < 4.78 is 16.3. The number of nitrogens with zero attached hydrogens (tertiary/aromatic N) is 3. The molecule has 1 aromatic heterocycles. The van der Waals surface area contributed by atoms with E-state index in [-0.39, 0.29) is 18.7 Å². The van der Waals surface area contributed by atoms with Crippen LogP contribution in [-0.4, -0.2) is 54.4 Å². The Hall–Kier alpha value is -3.23. The Labute approximate surface area is 168 Å². The van der Waals surface area contributed by atoms with Crippen molar-refractivity contribution >= 4 is 23.4 Å². The van der Waals surface area contributed by atoms with Gasteiger partial charge in [0.2, 0.25) is 0 Å². The first kappa shape index (κ1) is 19.1. The third-order valence-electron chi connectivity index (χ3n) is 5.02. The second-order valence-electron chi connectivity index (χ2n) is 6.95. The van der Waals surface area contributed by atoms with E-state index in [2.05, 4.69) is 14.9 Å². The monoisotopic (exact) mass is 400 g/mol. The van der Waals surface area contributed by atoms with E-state index in [1.54, 1.807) is 11.2 Å². The smallest absolute Gasteiger partial charge is 0.414 e. The largest absolute Gasteiger partial charge is 0.490 e. The topological polar surface area (TPSA) is 97.0 Å². The number of benzene rings is 1. The second kappa shape index (κ2) is 8.42. The number of hydrogen-bond donors (Lipinski definition) is 1. The number of cyclic esters (lactones) is 1. The third kappa shape index (κ3) is 4.28. The molecule has 0 bridgehead atoms. The highest BCUT2D eigenvalue weighted by atomic mass is 16.6. The summed E-state index contributed by atoms with van der Waals surface area (Å²) in [4.78, 5) is 34.8. The lowest BCUT2D eigenvalue weighted by molar-refractivity contribution is -0.142. The number of hydrogen-bond acceptors (Lipinski definition) is 7. The maximum atomic E-state index is 12.6. The molecular formula is C20H24N4O5. The van der Waals surface area contributed by atoms with Crippen LogP contribution in [0.3, 0.4) is 0 Å². The summed E-state index contributed by atoms with van der Waals surface area (Å²) in [6.07, 6.45) is 3.65. The van der Waals surface area contributed by atoms with Gasteiger partial charge in [-0.1, -0.05) is 0 Å². The molecule has 1 amide bonds. The molecule has 1 N–H and O–H groups in total. The molecule has 1 saturated heterocycles. The minimum absolute atomic E-state index is 0.0699. The van der Waals surface area contributed by atoms with Crippen molar-refractivity contribution < 1.29 is 23.8 Å². The summed E-state index contributed by atoms with van der Waals surface area (Å²) in [5, 5.41) is 0. The third-order valence-corrected chi connectivity index (χ3v) is 5.02. The van der Waals surface area contributed by atoms with E-state index in [9.17, 15) is 9.59 Å². The molecule has 1 fully saturated rings. The summed E-state index contributed by atoms with van der Waals surface area (Å²) in [5.41, 5.74) is 2.56. The lowest BCUT2D eigenvalue weighted by Crippen LogP contribution is -2.35. The number of fused-ring (bicyclic) bond motifs is 1. The van der Waals surface area contributed by atoms with Gasteiger partial charge in [0, 0.05) is 24.8 Å². The van der Waals surface area contributed by atoms with Gasteiger partial charge in [0.25, 0.3) is 0 Å². The molecule has 2 aliphatic heterocycles. The van der Waals surface area contributed by atoms with Crippen molar-refractivity contribution in [3.05, 3.63) is 36.4 Å². The van der Waals surface area contributed by atoms with Gasteiger partial charge in [-0.25, -0.2) is 9.78 Å². The summed E-state index contributed by atoms with van der Waals surface area (Å²) in [6.45, 7) is 4.37. The molecule has 0 spiro atoms. The lowest BCUT2D eigenvalue weighted by Gasteiger charge is -2.32. The Morgan fingerprint density at radius 1 is 1.45 bits per heavy atom. The Morgan fingerprint density at radius 3 is 3.07 bits per heavy atom. The van der Waals surface area contributed by atoms with Crippen molar-refractivity contribution in [1.29, 1.82) is 0 Å². The number of carbonyl (C=O) groups is 2. The number of anilines is 2. The molecule has 9 heteroatoms. The van der Waals surface area contributed by atoms with Crippen molar-refractivity contribution in [3.8, 4) is 5.75 Å². The maximum Gasteiger partial charge on any atom is 0.414 e. The first-order chi connectivity index (χ1) is 14.1. The van der Waals surface area contributed by atoms with E-state index in [0.29, 0.717) is 32.5 Å². The molecule has 4 rings (SSSR count). The molecule has 1 unspecified atom stereocenters. The lowest BCUT2D eigenvalue weighted by atomic mass is 10.2. The fraction of sp³-hybridized carbons (Fsp3) is 0.450. The van der Waals surface area contributed by atoms with Crippen molar-refractivity contribution in [2.24, 2.45) is 0 Å². The standard InChI is InChI=1S/C20H24N4O5/c1-2-24(20(26)28-12-16-4-6-19(25)29-16)15-3-5-18-17(9-15)23(7-8-27-18)11-14-10-21-13-22-14/h3,5,9-10,13,16H,2,4,6-8,11-12H2,1H3,(H,21,22). The van der Waals surface area contributed by atoms with Crippen LogP contribution in [0.1, 0.15) is 25.5 Å². The molecular weight excluding hydrogens is 376 g/mol. The van der Waals surface area contributed by atoms with E-state index in [0.717, 1.165) is 29.4 Å². The highest BCUT2D eigenvalue weighted by Crippen LogP contribution is 2.36. The summed E-state index contributed by atoms with van der Waals surface area (Å²) in [7, 11) is 0. The van der Waals surface area contributed by atoms with Crippen LogP contribution in [0.4, 0.5) is 16.2 Å². The molecule has 9 nitrogen and oxygen atoms in total. The average molecular weight is 400 g/mol. The molecule has 154 valence electrons. The number of nitrogens with one attached hydrogen (secondary N) is 1. The van der Waals surface area contributed by atoms with Crippen LogP contribution in [0.5, 0.6) is 5.75 Å². The highest BCUT2D eigenvalue weighted by molar-refractivity contribution is 5.89. The minimum atomic E-state index is -0.467. The zero-order chi connectivity index (χ0) is 20.2. The van der Waals surface area contributed by atoms with Crippen molar-refractivity contribution in [1.82, 2.24) is 9.97 Å². The predicted octanol–water partition coefficient (Wildman–Crippen LogP) is 2.48. The average Bonchev–Trinajstić information content (AvgIpc) is 3.39. The summed E-state index contributed by atoms with van der Waals surface area (Å²) in [5.74, 6) is 0.530. The number of aromatic nitrogens is 2. The SMILES string of the molecule is CCN(C(=O)OCC1CCC(=O)O1)c1ccc2c(c1)N(Cc1c[nH]cn1)CCO2. The van der Waals surface area contributed by atoms with Crippen LogP contribution >= 0.6 is 0 Å². The molecule has 3 heterocycles. The van der Waals surface area contributed by atoms with Gasteiger partial charge >= 0.3 is 12.1 Å². The quantitative estimate of drug-likeness (QED) is 0.744. The number of ether oxygens (including phenoxy) is 3. The second-order valence-corrected chi connectivity index (χ2v) is 6.95. The fourth-order valence-corrected chi connectivity index (χ4v) is 3.53. The Morgan fingerprint density at radius 2 is 2.34 bits per heavy atom. The summed E-state index contributed by atoms with van der Waals surface area (Å²) in [6, 6.07) is 5.65. The predicted molar refractivity (Wildman–Crippen MR) is 105 cm³/mol. The van der Waals surface area contributed by atoms with Crippen LogP contribution in [0.25, 0.3) is 0 Å². The number of amides is 1. The van der Waals surface area contributed by atoms with E-state index < -0.39 is 6.09 Å². The Bertz CT molecular complexity index is 870. The number of H-pyrrole nitrogens is 1. The van der Waals surface area contributed by atoms with Gasteiger partial charge in [0.1, 0.15) is 25.1 Å². The first-order valence-electron chi connectivity index (χ1n) is 9.77. The molecule has 2 aromatic rings. The number of esters is 1.